The SMILES string of the molecule is CNc1cc(N2CCc3c(-c4ccc(C(N5CCC6(CCC(Oc7ccc(Cl)c(N8CCC(=O)NC8=O)c7)CC6)CC5)C(F)(F)F)cn4)cccc32)nn2c(C(=O)N[C@@H]3C[C@@H]3F)cnc12. The first-order chi connectivity index (χ1) is 31.3. The quantitative estimate of drug-likeness (QED) is 0.117. The number of halogens is 5. The monoisotopic (exact) mass is 914 g/mol. The molecule has 0 bridgehead atoms. The lowest BCUT2D eigenvalue weighted by molar-refractivity contribution is -0.193. The number of urea groups is 1. The second-order valence-electron chi connectivity index (χ2n) is 17.7. The maximum atomic E-state index is 15.0. The average Bonchev–Trinajstić information content (AvgIpc) is 3.60. The number of pyridine rings is 1. The summed E-state index contributed by atoms with van der Waals surface area (Å²) in [5.74, 6) is 0.318. The molecule has 3 aromatic heterocycles. The number of likely N-dealkylation sites (tertiary alicyclic amines) is 1. The van der Waals surface area contributed by atoms with Crippen molar-refractivity contribution in [3.8, 4) is 17.0 Å². The fourth-order valence-electron chi connectivity index (χ4n) is 10.1. The summed E-state index contributed by atoms with van der Waals surface area (Å²) in [6.07, 6.45) is 2.65. The van der Waals surface area contributed by atoms with Gasteiger partial charge >= 0.3 is 12.2 Å². The number of nitrogens with one attached hydrogen (secondary N) is 3. The van der Waals surface area contributed by atoms with Crippen LogP contribution in [0.1, 0.15) is 79.0 Å². The molecule has 2 saturated heterocycles. The van der Waals surface area contributed by atoms with Crippen LogP contribution in [-0.4, -0.2) is 100 Å². The van der Waals surface area contributed by atoms with Crippen molar-refractivity contribution in [2.24, 2.45) is 5.41 Å². The average molecular weight is 915 g/mol. The second kappa shape index (κ2) is 16.8. The molecule has 3 atom stereocenters. The number of fused-ring (bicyclic) bond motifs is 2. The van der Waals surface area contributed by atoms with Crippen LogP contribution in [-0.2, 0) is 11.2 Å². The number of rotatable bonds is 10. The van der Waals surface area contributed by atoms with Crippen LogP contribution in [0.4, 0.5) is 45.2 Å². The van der Waals surface area contributed by atoms with Crippen molar-refractivity contribution >= 4 is 58.0 Å². The predicted octanol–water partition coefficient (Wildman–Crippen LogP) is 8.17. The third kappa shape index (κ3) is 8.30. The molecule has 0 radical (unpaired) electrons. The molecule has 3 aliphatic heterocycles. The third-order valence-electron chi connectivity index (χ3n) is 13.8. The number of aromatic nitrogens is 4. The Balaban J connectivity index is 0.801. The summed E-state index contributed by atoms with van der Waals surface area (Å²) in [6.45, 7) is 1.38. The fourth-order valence-corrected chi connectivity index (χ4v) is 10.3. The van der Waals surface area contributed by atoms with Crippen LogP contribution in [0.5, 0.6) is 5.75 Å². The van der Waals surface area contributed by atoms with Crippen LogP contribution in [0.25, 0.3) is 16.9 Å². The molecule has 5 aromatic rings. The maximum Gasteiger partial charge on any atom is 0.408 e. The van der Waals surface area contributed by atoms with Crippen molar-refractivity contribution in [2.75, 3.05) is 48.3 Å². The number of amides is 4. The number of hydrogen-bond acceptors (Lipinski definition) is 10. The van der Waals surface area contributed by atoms with Crippen LogP contribution in [0.15, 0.2) is 67.0 Å². The molecule has 1 unspecified atom stereocenters. The molecule has 2 saturated carbocycles. The lowest BCUT2D eigenvalue weighted by atomic mass is 9.67. The Morgan fingerprint density at radius 1 is 0.938 bits per heavy atom. The van der Waals surface area contributed by atoms with Crippen LogP contribution < -0.4 is 30.5 Å². The van der Waals surface area contributed by atoms with E-state index in [2.05, 4.69) is 25.9 Å². The minimum atomic E-state index is -4.51. The molecule has 14 nitrogen and oxygen atoms in total. The van der Waals surface area contributed by atoms with E-state index in [9.17, 15) is 31.9 Å². The first-order valence-electron chi connectivity index (χ1n) is 22.0. The molecule has 4 fully saturated rings. The van der Waals surface area contributed by atoms with Gasteiger partial charge in [-0.2, -0.15) is 13.2 Å². The van der Waals surface area contributed by atoms with Crippen LogP contribution in [0.3, 0.4) is 0 Å². The highest BCUT2D eigenvalue weighted by atomic mass is 35.5. The minimum absolute atomic E-state index is 0.0677. The van der Waals surface area contributed by atoms with Gasteiger partial charge in [-0.1, -0.05) is 29.8 Å². The highest BCUT2D eigenvalue weighted by Gasteiger charge is 2.48. The lowest BCUT2D eigenvalue weighted by Gasteiger charge is -2.47. The van der Waals surface area contributed by atoms with Crippen LogP contribution in [0, 0.1) is 5.41 Å². The normalized spacial score (nSPS) is 21.6. The van der Waals surface area contributed by atoms with Crippen molar-refractivity contribution in [1.29, 1.82) is 0 Å². The molecule has 65 heavy (non-hydrogen) atoms. The van der Waals surface area contributed by atoms with Crippen molar-refractivity contribution < 1.29 is 36.7 Å². The van der Waals surface area contributed by atoms with Gasteiger partial charge in [0.2, 0.25) is 5.91 Å². The molecule has 4 amide bonds. The van der Waals surface area contributed by atoms with E-state index in [-0.39, 0.29) is 48.1 Å². The highest BCUT2D eigenvalue weighted by molar-refractivity contribution is 6.34. The second-order valence-corrected chi connectivity index (χ2v) is 18.1. The Morgan fingerprint density at radius 2 is 1.71 bits per heavy atom. The van der Waals surface area contributed by atoms with E-state index in [0.717, 1.165) is 42.5 Å². The molecule has 6 heterocycles. The Labute approximate surface area is 376 Å². The number of benzene rings is 2. The van der Waals surface area contributed by atoms with E-state index in [1.165, 1.54) is 21.8 Å². The largest absolute Gasteiger partial charge is 0.490 e. The molecule has 2 aliphatic carbocycles. The summed E-state index contributed by atoms with van der Waals surface area (Å²) >= 11 is 6.42. The zero-order valence-corrected chi connectivity index (χ0v) is 36.3. The summed E-state index contributed by atoms with van der Waals surface area (Å²) < 4.78 is 66.3. The van der Waals surface area contributed by atoms with Gasteiger partial charge in [-0.15, -0.1) is 5.10 Å². The summed E-state index contributed by atoms with van der Waals surface area (Å²) in [7, 11) is 1.75. The van der Waals surface area contributed by atoms with E-state index >= 15 is 0 Å². The van der Waals surface area contributed by atoms with E-state index in [1.54, 1.807) is 42.3 Å². The fraction of sp³-hybridized carbons (Fsp3) is 0.435. The molecule has 19 heteroatoms. The van der Waals surface area contributed by atoms with Gasteiger partial charge in [0.25, 0.3) is 5.91 Å². The number of carbonyl (C=O) groups is 3. The zero-order chi connectivity index (χ0) is 45.2. The number of carbonyl (C=O) groups excluding carboxylic acids is 3. The Kier molecular flexibility index (Phi) is 11.1. The molecular formula is C46H47ClF4N10O4. The van der Waals surface area contributed by atoms with Gasteiger partial charge < -0.3 is 20.3 Å². The topological polar surface area (TPSA) is 149 Å². The van der Waals surface area contributed by atoms with Gasteiger partial charge in [0.05, 0.1) is 40.4 Å². The van der Waals surface area contributed by atoms with Gasteiger partial charge in [-0.05, 0) is 98.8 Å². The number of nitrogens with zero attached hydrogens (tertiary/aromatic N) is 7. The summed E-state index contributed by atoms with van der Waals surface area (Å²) in [5.41, 5.74) is 4.98. The Bertz CT molecular complexity index is 2660. The number of ether oxygens (including phenoxy) is 1. The number of imidazole rings is 1. The molecule has 10 rings (SSSR count). The number of anilines is 4. The van der Waals surface area contributed by atoms with E-state index < -0.39 is 36.4 Å². The maximum absolute atomic E-state index is 15.0. The summed E-state index contributed by atoms with van der Waals surface area (Å²) in [4.78, 5) is 51.2. The van der Waals surface area contributed by atoms with Crippen molar-refractivity contribution in [3.63, 3.8) is 0 Å². The highest BCUT2D eigenvalue weighted by Crippen LogP contribution is 2.49. The molecule has 2 aromatic carbocycles. The van der Waals surface area contributed by atoms with E-state index in [1.807, 2.05) is 29.2 Å². The van der Waals surface area contributed by atoms with Crippen molar-refractivity contribution in [1.82, 2.24) is 35.1 Å². The van der Waals surface area contributed by atoms with Gasteiger partial charge in [0.15, 0.2) is 17.2 Å². The minimum Gasteiger partial charge on any atom is -0.490 e. The molecule has 1 spiro atoms. The Morgan fingerprint density at radius 3 is 2.40 bits per heavy atom. The van der Waals surface area contributed by atoms with E-state index in [4.69, 9.17) is 21.4 Å². The van der Waals surface area contributed by atoms with Crippen molar-refractivity contribution in [3.05, 3.63) is 88.8 Å². The smallest absolute Gasteiger partial charge is 0.408 e. The van der Waals surface area contributed by atoms with Gasteiger partial charge in [0.1, 0.15) is 18.0 Å². The summed E-state index contributed by atoms with van der Waals surface area (Å²) in [5, 5.41) is 13.3. The number of hydrogen-bond donors (Lipinski definition) is 3. The first kappa shape index (κ1) is 42.9. The third-order valence-corrected chi connectivity index (χ3v) is 14.1. The standard InChI is InChI=1S/C46H47ClF4N10O4/c1-52-35-23-39(57-61-38(25-54-42(35)61)43(63)55-34-22-32(34)48)59-17-11-30-29(3-2-4-36(30)59)33-8-5-26(24-53-33)41(46(49,50)51)58-19-15-45(16-20-58)13-9-27(10-14-45)65-28-6-7-31(47)37(21-28)60-18-12-40(62)56-44(60)64/h2-8,21,23-25,27,32,34,41,52H,9-20,22H2,1H3,(H,55,63)(H,56,62,64)/t32-,34+,41?/m0/s1. The Hall–Kier alpha value is -6.01. The zero-order valence-electron chi connectivity index (χ0n) is 35.5. The van der Waals surface area contributed by atoms with Gasteiger partial charge in [-0.25, -0.2) is 18.7 Å². The molecule has 340 valence electrons. The summed E-state index contributed by atoms with van der Waals surface area (Å²) in [6, 6.07) is 13.1. The molecule has 5 aliphatic rings. The predicted molar refractivity (Wildman–Crippen MR) is 236 cm³/mol. The van der Waals surface area contributed by atoms with Crippen LogP contribution in [0.2, 0.25) is 5.02 Å². The molecule has 3 N–H and O–H groups in total. The number of piperidine rings is 1. The van der Waals surface area contributed by atoms with Gasteiger partial charge in [-0.3, -0.25) is 29.7 Å². The number of alkyl halides is 4. The van der Waals surface area contributed by atoms with Gasteiger partial charge in [0, 0.05) is 62.6 Å². The van der Waals surface area contributed by atoms with Crippen molar-refractivity contribution in [2.45, 2.75) is 88.3 Å². The first-order valence-corrected chi connectivity index (χ1v) is 22.4. The molecular weight excluding hydrogens is 868 g/mol. The van der Waals surface area contributed by atoms with E-state index in [0.29, 0.717) is 78.2 Å². The number of imide groups is 1. The van der Waals surface area contributed by atoms with Crippen LogP contribution >= 0.6 is 11.6 Å². The lowest BCUT2D eigenvalue weighted by Crippen LogP contribution is -2.49.